The van der Waals surface area contributed by atoms with Crippen LogP contribution in [0.25, 0.3) is 0 Å². The summed E-state index contributed by atoms with van der Waals surface area (Å²) >= 11 is 1.40. The van der Waals surface area contributed by atoms with E-state index in [1.54, 1.807) is 31.4 Å². The number of carbonyl (C=O) groups is 2. The van der Waals surface area contributed by atoms with E-state index in [9.17, 15) is 14.0 Å². The van der Waals surface area contributed by atoms with Crippen LogP contribution in [0.2, 0.25) is 0 Å². The van der Waals surface area contributed by atoms with Crippen LogP contribution in [0.3, 0.4) is 0 Å². The van der Waals surface area contributed by atoms with Crippen molar-refractivity contribution in [2.75, 3.05) is 17.7 Å². The summed E-state index contributed by atoms with van der Waals surface area (Å²) in [5, 5.41) is 5.30. The number of methoxy groups -OCH3 is 1. The van der Waals surface area contributed by atoms with Crippen molar-refractivity contribution in [3.05, 3.63) is 84.2 Å². The maximum Gasteiger partial charge on any atom is 0.255 e. The molecule has 0 fully saturated rings. The number of ether oxygens (including phenoxy) is 1. The Kier molecular flexibility index (Phi) is 7.08. The lowest BCUT2D eigenvalue weighted by molar-refractivity contribution is -0.115. The van der Waals surface area contributed by atoms with E-state index < -0.39 is 5.82 Å². The molecular weight excluding hydrogens is 403 g/mol. The third kappa shape index (κ3) is 5.61. The van der Waals surface area contributed by atoms with E-state index in [4.69, 9.17) is 4.74 Å². The van der Waals surface area contributed by atoms with Crippen LogP contribution in [-0.2, 0) is 4.79 Å². The molecule has 0 aromatic heterocycles. The molecule has 0 radical (unpaired) electrons. The van der Waals surface area contributed by atoms with Gasteiger partial charge in [-0.15, -0.1) is 11.8 Å². The van der Waals surface area contributed by atoms with Gasteiger partial charge in [0.1, 0.15) is 11.6 Å². The Morgan fingerprint density at radius 1 is 0.933 bits per heavy atom. The van der Waals surface area contributed by atoms with Crippen LogP contribution < -0.4 is 15.4 Å². The predicted octanol–water partition coefficient (Wildman–Crippen LogP) is 5.21. The number of anilines is 2. The Morgan fingerprint density at radius 3 is 2.27 bits per heavy atom. The van der Waals surface area contributed by atoms with Gasteiger partial charge in [-0.1, -0.05) is 12.1 Å². The van der Waals surface area contributed by atoms with Crippen molar-refractivity contribution in [2.24, 2.45) is 0 Å². The molecule has 3 aromatic carbocycles. The van der Waals surface area contributed by atoms with Crippen LogP contribution in [-0.4, -0.2) is 24.2 Å². The lowest BCUT2D eigenvalue weighted by Crippen LogP contribution is -2.22. The molecule has 0 saturated carbocycles. The lowest BCUT2D eigenvalue weighted by Gasteiger charge is -2.14. The van der Waals surface area contributed by atoms with Crippen molar-refractivity contribution in [3.63, 3.8) is 0 Å². The van der Waals surface area contributed by atoms with Gasteiger partial charge >= 0.3 is 0 Å². The molecule has 0 aliphatic carbocycles. The van der Waals surface area contributed by atoms with E-state index in [-0.39, 0.29) is 17.1 Å². The highest BCUT2D eigenvalue weighted by molar-refractivity contribution is 8.00. The number of halogens is 1. The minimum absolute atomic E-state index is 0.141. The number of rotatable bonds is 7. The lowest BCUT2D eigenvalue weighted by atomic mass is 10.2. The summed E-state index contributed by atoms with van der Waals surface area (Å²) in [6, 6.07) is 19.8. The van der Waals surface area contributed by atoms with Crippen molar-refractivity contribution >= 4 is 35.0 Å². The van der Waals surface area contributed by atoms with Crippen LogP contribution in [0.5, 0.6) is 5.75 Å². The Labute approximate surface area is 178 Å². The smallest absolute Gasteiger partial charge is 0.255 e. The second-order valence-corrected chi connectivity index (χ2v) is 7.85. The van der Waals surface area contributed by atoms with Crippen molar-refractivity contribution < 1.29 is 18.7 Å². The average Bonchev–Trinajstić information content (AvgIpc) is 2.75. The molecule has 0 heterocycles. The molecule has 0 aliphatic rings. The van der Waals surface area contributed by atoms with E-state index in [0.717, 1.165) is 4.90 Å². The first kappa shape index (κ1) is 21.4. The van der Waals surface area contributed by atoms with E-state index in [1.165, 1.54) is 36.0 Å². The summed E-state index contributed by atoms with van der Waals surface area (Å²) in [5.74, 6) is -0.251. The molecule has 0 saturated heterocycles. The van der Waals surface area contributed by atoms with Gasteiger partial charge in [-0.05, 0) is 67.6 Å². The van der Waals surface area contributed by atoms with Gasteiger partial charge in [-0.25, -0.2) is 4.39 Å². The zero-order valence-electron chi connectivity index (χ0n) is 16.5. The third-order valence-electron chi connectivity index (χ3n) is 4.27. The van der Waals surface area contributed by atoms with Crippen LogP contribution in [0.15, 0.2) is 77.7 Å². The molecule has 2 amide bonds. The fourth-order valence-electron chi connectivity index (χ4n) is 2.66. The molecular formula is C23H21FN2O3S. The maximum absolute atomic E-state index is 13.0. The second-order valence-electron chi connectivity index (χ2n) is 6.44. The van der Waals surface area contributed by atoms with Gasteiger partial charge < -0.3 is 15.4 Å². The predicted molar refractivity (Wildman–Crippen MR) is 118 cm³/mol. The van der Waals surface area contributed by atoms with Gasteiger partial charge in [0.05, 0.1) is 18.0 Å². The standard InChI is InChI=1S/C23H21FN2O3S/c1-15(22(27)26-20-5-3-4-6-21(20)29-2)30-19-13-11-18(12-14-19)25-23(28)16-7-9-17(24)10-8-16/h3-15H,1-2H3,(H,25,28)(H,26,27). The average molecular weight is 424 g/mol. The summed E-state index contributed by atoms with van der Waals surface area (Å²) < 4.78 is 18.2. The molecule has 2 N–H and O–H groups in total. The molecule has 1 unspecified atom stereocenters. The first-order valence-electron chi connectivity index (χ1n) is 9.24. The Bertz CT molecular complexity index is 1020. The highest BCUT2D eigenvalue weighted by Gasteiger charge is 2.16. The molecule has 0 spiro atoms. The minimum Gasteiger partial charge on any atom is -0.495 e. The van der Waals surface area contributed by atoms with Crippen molar-refractivity contribution in [3.8, 4) is 5.75 Å². The van der Waals surface area contributed by atoms with E-state index >= 15 is 0 Å². The van der Waals surface area contributed by atoms with Gasteiger partial charge in [0.15, 0.2) is 0 Å². The molecule has 3 rings (SSSR count). The number of thioether (sulfide) groups is 1. The first-order chi connectivity index (χ1) is 14.5. The zero-order chi connectivity index (χ0) is 21.5. The second kappa shape index (κ2) is 9.93. The highest BCUT2D eigenvalue weighted by atomic mass is 32.2. The SMILES string of the molecule is COc1ccccc1NC(=O)C(C)Sc1ccc(NC(=O)c2ccc(F)cc2)cc1. The summed E-state index contributed by atoms with van der Waals surface area (Å²) in [4.78, 5) is 25.6. The van der Waals surface area contributed by atoms with E-state index in [1.807, 2.05) is 31.2 Å². The third-order valence-corrected chi connectivity index (χ3v) is 5.38. The topological polar surface area (TPSA) is 67.4 Å². The normalized spacial score (nSPS) is 11.4. The molecule has 5 nitrogen and oxygen atoms in total. The Hall–Kier alpha value is -3.32. The molecule has 154 valence electrons. The van der Waals surface area contributed by atoms with Crippen LogP contribution >= 0.6 is 11.8 Å². The van der Waals surface area contributed by atoms with Crippen LogP contribution in [0.1, 0.15) is 17.3 Å². The summed E-state index contributed by atoms with van der Waals surface area (Å²) in [7, 11) is 1.56. The molecule has 0 aliphatic heterocycles. The summed E-state index contributed by atoms with van der Waals surface area (Å²) in [6.07, 6.45) is 0. The number of benzene rings is 3. The van der Waals surface area contributed by atoms with Gasteiger partial charge in [-0.2, -0.15) is 0 Å². The number of nitrogens with one attached hydrogen (secondary N) is 2. The number of hydrogen-bond acceptors (Lipinski definition) is 4. The van der Waals surface area contributed by atoms with Crippen molar-refractivity contribution in [1.82, 2.24) is 0 Å². The number of para-hydroxylation sites is 2. The van der Waals surface area contributed by atoms with Gasteiger partial charge in [0, 0.05) is 16.1 Å². The fourth-order valence-corrected chi connectivity index (χ4v) is 3.53. The molecule has 7 heteroatoms. The summed E-state index contributed by atoms with van der Waals surface area (Å²) in [6.45, 7) is 1.82. The number of carbonyl (C=O) groups excluding carboxylic acids is 2. The van der Waals surface area contributed by atoms with Gasteiger partial charge in [-0.3, -0.25) is 9.59 Å². The Morgan fingerprint density at radius 2 is 1.60 bits per heavy atom. The van der Waals surface area contributed by atoms with E-state index in [2.05, 4.69) is 10.6 Å². The highest BCUT2D eigenvalue weighted by Crippen LogP contribution is 2.28. The molecule has 30 heavy (non-hydrogen) atoms. The zero-order valence-corrected chi connectivity index (χ0v) is 17.3. The first-order valence-corrected chi connectivity index (χ1v) is 10.1. The number of hydrogen-bond donors (Lipinski definition) is 2. The number of amides is 2. The van der Waals surface area contributed by atoms with Gasteiger partial charge in [0.2, 0.25) is 5.91 Å². The molecule has 1 atom stereocenters. The summed E-state index contributed by atoms with van der Waals surface area (Å²) in [5.41, 5.74) is 1.60. The largest absolute Gasteiger partial charge is 0.495 e. The van der Waals surface area contributed by atoms with Crippen molar-refractivity contribution in [2.45, 2.75) is 17.1 Å². The van der Waals surface area contributed by atoms with Gasteiger partial charge in [0.25, 0.3) is 5.91 Å². The minimum atomic E-state index is -0.392. The van der Waals surface area contributed by atoms with E-state index in [0.29, 0.717) is 22.7 Å². The Balaban J connectivity index is 1.57. The maximum atomic E-state index is 13.0. The quantitative estimate of drug-likeness (QED) is 0.511. The van der Waals surface area contributed by atoms with Crippen LogP contribution in [0, 0.1) is 5.82 Å². The van der Waals surface area contributed by atoms with Crippen LogP contribution in [0.4, 0.5) is 15.8 Å². The van der Waals surface area contributed by atoms with Crippen molar-refractivity contribution in [1.29, 1.82) is 0 Å². The monoisotopic (exact) mass is 424 g/mol. The molecule has 0 bridgehead atoms. The fraction of sp³-hybridized carbons (Fsp3) is 0.130. The molecule has 3 aromatic rings.